The summed E-state index contributed by atoms with van der Waals surface area (Å²) in [6, 6.07) is 22.1. The fourth-order valence-corrected chi connectivity index (χ4v) is 4.16. The minimum absolute atomic E-state index is 0.223. The molecule has 1 heterocycles. The molecule has 1 atom stereocenters. The minimum atomic E-state index is -0.718. The van der Waals surface area contributed by atoms with Gasteiger partial charge in [-0.3, -0.25) is 14.6 Å². The van der Waals surface area contributed by atoms with Crippen LogP contribution in [-0.4, -0.2) is 37.2 Å². The number of methoxy groups -OCH3 is 1. The van der Waals surface area contributed by atoms with Gasteiger partial charge >= 0.3 is 0 Å². The number of fused-ring (bicyclic) bond motifs is 1. The van der Waals surface area contributed by atoms with Crippen molar-refractivity contribution in [3.05, 3.63) is 94.0 Å². The van der Waals surface area contributed by atoms with E-state index in [9.17, 15) is 9.59 Å². The van der Waals surface area contributed by atoms with Gasteiger partial charge in [-0.1, -0.05) is 58.4 Å². The molecule has 0 radical (unpaired) electrons. The molecule has 7 heteroatoms. The van der Waals surface area contributed by atoms with E-state index in [1.165, 1.54) is 4.90 Å². The summed E-state index contributed by atoms with van der Waals surface area (Å²) in [6.07, 6.45) is 0.400. The van der Waals surface area contributed by atoms with Gasteiger partial charge in [-0.05, 0) is 35.9 Å². The zero-order chi connectivity index (χ0) is 22.7. The maximum absolute atomic E-state index is 13.6. The average Bonchev–Trinajstić information content (AvgIpc) is 2.90. The number of benzodiazepines with no additional fused rings is 1. The largest absolute Gasteiger partial charge is 0.497 e. The summed E-state index contributed by atoms with van der Waals surface area (Å²) in [5, 5.41) is 0. The van der Waals surface area contributed by atoms with Gasteiger partial charge in [-0.25, -0.2) is 0 Å². The molecule has 0 spiro atoms. The zero-order valence-corrected chi connectivity index (χ0v) is 19.1. The molecule has 0 saturated heterocycles. The van der Waals surface area contributed by atoms with Gasteiger partial charge in [-0.15, -0.1) is 0 Å². The number of carbonyl (C=O) groups excluding carboxylic acids is 2. The quantitative estimate of drug-likeness (QED) is 0.569. The van der Waals surface area contributed by atoms with Crippen LogP contribution in [0.2, 0.25) is 0 Å². The Labute approximate surface area is 194 Å². The standard InChI is InChI=1S/C25H22BrN3O3/c1-32-19-9-5-8-17(13-19)24-20-14-18(26)10-11-22(20)29(15-23(27)30)25(31)21(28-24)12-16-6-3-2-4-7-16/h2-11,13-14,21H,12,15H2,1H3,(H2,27,30)/t21-/m1/s1. The van der Waals surface area contributed by atoms with E-state index in [0.717, 1.165) is 21.2 Å². The number of halogens is 1. The normalized spacial score (nSPS) is 15.6. The number of aliphatic imine (C=N–C) groups is 1. The SMILES string of the molecule is COc1cccc(C2=N[C@H](Cc3ccccc3)C(=O)N(CC(N)=O)c3ccc(Br)cc32)c1. The lowest BCUT2D eigenvalue weighted by Gasteiger charge is -2.24. The molecule has 4 rings (SSSR count). The van der Waals surface area contributed by atoms with Gasteiger partial charge in [0.15, 0.2) is 0 Å². The van der Waals surface area contributed by atoms with Gasteiger partial charge < -0.3 is 15.4 Å². The van der Waals surface area contributed by atoms with E-state index >= 15 is 0 Å². The van der Waals surface area contributed by atoms with E-state index in [0.29, 0.717) is 23.6 Å². The number of nitrogens with two attached hydrogens (primary N) is 1. The molecule has 0 saturated carbocycles. The Balaban J connectivity index is 1.92. The van der Waals surface area contributed by atoms with Gasteiger partial charge in [0.2, 0.25) is 5.91 Å². The smallest absolute Gasteiger partial charge is 0.252 e. The summed E-state index contributed by atoms with van der Waals surface area (Å²) >= 11 is 3.52. The number of carbonyl (C=O) groups is 2. The summed E-state index contributed by atoms with van der Waals surface area (Å²) in [4.78, 5) is 31.8. The molecular formula is C25H22BrN3O3. The second-order valence-electron chi connectivity index (χ2n) is 7.47. The lowest BCUT2D eigenvalue weighted by molar-refractivity contribution is -0.123. The third kappa shape index (κ3) is 4.57. The van der Waals surface area contributed by atoms with Crippen LogP contribution in [-0.2, 0) is 16.0 Å². The summed E-state index contributed by atoms with van der Waals surface area (Å²) in [6.45, 7) is -0.223. The maximum Gasteiger partial charge on any atom is 0.252 e. The van der Waals surface area contributed by atoms with Crippen LogP contribution in [0.5, 0.6) is 5.75 Å². The number of ether oxygens (including phenoxy) is 1. The van der Waals surface area contributed by atoms with Gasteiger partial charge in [-0.2, -0.15) is 0 Å². The van der Waals surface area contributed by atoms with Crippen molar-refractivity contribution in [2.24, 2.45) is 10.7 Å². The van der Waals surface area contributed by atoms with E-state index in [4.69, 9.17) is 15.5 Å². The Morgan fingerprint density at radius 3 is 2.59 bits per heavy atom. The monoisotopic (exact) mass is 491 g/mol. The first kappa shape index (κ1) is 21.8. The summed E-state index contributed by atoms with van der Waals surface area (Å²) in [5.41, 5.74) is 9.28. The predicted octanol–water partition coefficient (Wildman–Crippen LogP) is 3.74. The van der Waals surface area contributed by atoms with E-state index < -0.39 is 11.9 Å². The number of amides is 2. The molecule has 2 amide bonds. The molecule has 6 nitrogen and oxygen atoms in total. The molecule has 2 N–H and O–H groups in total. The van der Waals surface area contributed by atoms with Crippen LogP contribution in [0.3, 0.4) is 0 Å². The highest BCUT2D eigenvalue weighted by molar-refractivity contribution is 9.10. The second-order valence-corrected chi connectivity index (χ2v) is 8.38. The fraction of sp³-hybridized carbons (Fsp3) is 0.160. The molecule has 0 fully saturated rings. The van der Waals surface area contributed by atoms with Crippen molar-refractivity contribution < 1.29 is 14.3 Å². The number of hydrogen-bond acceptors (Lipinski definition) is 4. The Kier molecular flexibility index (Phi) is 6.37. The number of nitrogens with zero attached hydrogens (tertiary/aromatic N) is 2. The molecule has 0 aliphatic carbocycles. The molecule has 1 aliphatic rings. The van der Waals surface area contributed by atoms with Crippen LogP contribution in [0, 0.1) is 0 Å². The van der Waals surface area contributed by atoms with Crippen molar-refractivity contribution in [1.82, 2.24) is 0 Å². The molecule has 32 heavy (non-hydrogen) atoms. The van der Waals surface area contributed by atoms with Crippen molar-refractivity contribution in [2.45, 2.75) is 12.5 Å². The number of primary amides is 1. The first-order chi connectivity index (χ1) is 15.5. The lowest BCUT2D eigenvalue weighted by Crippen LogP contribution is -2.43. The number of rotatable bonds is 6. The van der Waals surface area contributed by atoms with Crippen LogP contribution in [0.4, 0.5) is 5.69 Å². The van der Waals surface area contributed by atoms with E-state index in [-0.39, 0.29) is 12.5 Å². The molecule has 0 bridgehead atoms. The molecule has 3 aromatic rings. The van der Waals surface area contributed by atoms with Crippen molar-refractivity contribution in [3.8, 4) is 5.75 Å². The second kappa shape index (κ2) is 9.36. The number of anilines is 1. The van der Waals surface area contributed by atoms with E-state index in [1.54, 1.807) is 13.2 Å². The molecule has 0 aromatic heterocycles. The van der Waals surface area contributed by atoms with Crippen LogP contribution < -0.4 is 15.4 Å². The summed E-state index contributed by atoms with van der Waals surface area (Å²) in [7, 11) is 1.61. The molecule has 3 aromatic carbocycles. The van der Waals surface area contributed by atoms with Crippen molar-refractivity contribution >= 4 is 39.1 Å². The van der Waals surface area contributed by atoms with Crippen molar-refractivity contribution in [1.29, 1.82) is 0 Å². The van der Waals surface area contributed by atoms with E-state index in [2.05, 4.69) is 15.9 Å². The minimum Gasteiger partial charge on any atom is -0.497 e. The average molecular weight is 492 g/mol. The van der Waals surface area contributed by atoms with Gasteiger partial charge in [0.05, 0.1) is 18.5 Å². The molecule has 162 valence electrons. The Morgan fingerprint density at radius 2 is 1.88 bits per heavy atom. The predicted molar refractivity (Wildman–Crippen MR) is 128 cm³/mol. The zero-order valence-electron chi connectivity index (χ0n) is 17.5. The van der Waals surface area contributed by atoms with Gasteiger partial charge in [0, 0.05) is 22.0 Å². The molecular weight excluding hydrogens is 470 g/mol. The van der Waals surface area contributed by atoms with Crippen LogP contribution in [0.1, 0.15) is 16.7 Å². The first-order valence-electron chi connectivity index (χ1n) is 10.1. The van der Waals surface area contributed by atoms with Crippen LogP contribution in [0.25, 0.3) is 0 Å². The third-order valence-corrected chi connectivity index (χ3v) is 5.76. The Morgan fingerprint density at radius 1 is 1.09 bits per heavy atom. The highest BCUT2D eigenvalue weighted by atomic mass is 79.9. The Hall–Kier alpha value is -3.45. The van der Waals surface area contributed by atoms with Crippen molar-refractivity contribution in [2.75, 3.05) is 18.6 Å². The molecule has 0 unspecified atom stereocenters. The highest BCUT2D eigenvalue weighted by Crippen LogP contribution is 2.32. The third-order valence-electron chi connectivity index (χ3n) is 5.27. The van der Waals surface area contributed by atoms with Crippen LogP contribution in [0.15, 0.2) is 82.3 Å². The first-order valence-corrected chi connectivity index (χ1v) is 10.9. The van der Waals surface area contributed by atoms with Gasteiger partial charge in [0.25, 0.3) is 5.91 Å². The number of benzene rings is 3. The Bertz CT molecular complexity index is 1190. The fourth-order valence-electron chi connectivity index (χ4n) is 3.80. The number of hydrogen-bond donors (Lipinski definition) is 1. The van der Waals surface area contributed by atoms with Crippen molar-refractivity contribution in [3.63, 3.8) is 0 Å². The van der Waals surface area contributed by atoms with E-state index in [1.807, 2.05) is 66.7 Å². The topological polar surface area (TPSA) is 85.0 Å². The van der Waals surface area contributed by atoms with Gasteiger partial charge in [0.1, 0.15) is 18.3 Å². The van der Waals surface area contributed by atoms with Crippen LogP contribution >= 0.6 is 15.9 Å². The lowest BCUT2D eigenvalue weighted by atomic mass is 10.00. The highest BCUT2D eigenvalue weighted by Gasteiger charge is 2.33. The summed E-state index contributed by atoms with van der Waals surface area (Å²) in [5.74, 6) is -0.171. The molecule has 1 aliphatic heterocycles. The maximum atomic E-state index is 13.6. The summed E-state index contributed by atoms with van der Waals surface area (Å²) < 4.78 is 6.24.